The lowest BCUT2D eigenvalue weighted by Crippen LogP contribution is -2.30. The Kier molecular flexibility index (Phi) is 8.91. The molecule has 0 aromatic heterocycles. The Morgan fingerprint density at radius 2 is 1.63 bits per heavy atom. The van der Waals surface area contributed by atoms with E-state index in [9.17, 15) is 14.7 Å². The van der Waals surface area contributed by atoms with Crippen LogP contribution in [-0.4, -0.2) is 30.0 Å². The molecule has 1 saturated heterocycles. The Balaban J connectivity index is 1.88. The van der Waals surface area contributed by atoms with Gasteiger partial charge in [0, 0.05) is 5.56 Å². The lowest BCUT2D eigenvalue weighted by atomic mass is 9.85. The molecule has 1 aliphatic heterocycles. The van der Waals surface area contributed by atoms with Gasteiger partial charge in [-0.25, -0.2) is 0 Å². The normalized spacial score (nSPS) is 16.9. The van der Waals surface area contributed by atoms with Crippen molar-refractivity contribution in [3.63, 3.8) is 0 Å². The van der Waals surface area contributed by atoms with E-state index >= 15 is 0 Å². The highest BCUT2D eigenvalue weighted by molar-refractivity contribution is 6.52. The van der Waals surface area contributed by atoms with Gasteiger partial charge >= 0.3 is 0 Å². The maximum atomic E-state index is 13.7. The van der Waals surface area contributed by atoms with Gasteiger partial charge in [0.15, 0.2) is 0 Å². The number of carbonyl (C=O) groups is 2. The van der Waals surface area contributed by atoms with Gasteiger partial charge in [-0.2, -0.15) is 0 Å². The fraction of sp³-hybridized carbons (Fsp3) is 0.371. The molecule has 41 heavy (non-hydrogen) atoms. The Morgan fingerprint density at radius 1 is 0.951 bits per heavy atom. The lowest BCUT2D eigenvalue weighted by Gasteiger charge is -2.28. The third kappa shape index (κ3) is 6.32. The summed E-state index contributed by atoms with van der Waals surface area (Å²) in [6.07, 6.45) is 0.793. The molecular weight excluding hydrogens is 514 g/mol. The molecule has 1 amide bonds. The smallest absolute Gasteiger partial charge is 0.300 e. The quantitative estimate of drug-likeness (QED) is 0.166. The van der Waals surface area contributed by atoms with E-state index in [1.807, 2.05) is 50.2 Å². The van der Waals surface area contributed by atoms with E-state index in [0.29, 0.717) is 41.9 Å². The van der Waals surface area contributed by atoms with E-state index in [0.717, 1.165) is 23.1 Å². The van der Waals surface area contributed by atoms with Crippen molar-refractivity contribution in [3.05, 3.63) is 94.6 Å². The molecule has 1 N–H and O–H groups in total. The molecule has 6 heteroatoms. The molecule has 1 unspecified atom stereocenters. The van der Waals surface area contributed by atoms with Gasteiger partial charge in [-0.3, -0.25) is 14.5 Å². The van der Waals surface area contributed by atoms with Crippen molar-refractivity contribution in [1.29, 1.82) is 0 Å². The highest BCUT2D eigenvalue weighted by Gasteiger charge is 2.47. The zero-order chi connectivity index (χ0) is 29.9. The van der Waals surface area contributed by atoms with E-state index in [-0.39, 0.29) is 16.7 Å². The number of ether oxygens (including phenoxy) is 2. The minimum absolute atomic E-state index is 0.0408. The summed E-state index contributed by atoms with van der Waals surface area (Å²) in [5.74, 6) is -0.0799. The molecule has 0 radical (unpaired) electrons. The minimum Gasteiger partial charge on any atom is -0.507 e. The monoisotopic (exact) mass is 555 g/mol. The molecule has 6 nitrogen and oxygen atoms in total. The number of para-hydroxylation sites is 2. The molecule has 3 aromatic rings. The third-order valence-electron chi connectivity index (χ3n) is 7.14. The zero-order valence-electron chi connectivity index (χ0n) is 25.2. The van der Waals surface area contributed by atoms with Gasteiger partial charge in [-0.05, 0) is 71.7 Å². The summed E-state index contributed by atoms with van der Waals surface area (Å²) >= 11 is 0. The first-order chi connectivity index (χ1) is 19.4. The van der Waals surface area contributed by atoms with Crippen molar-refractivity contribution in [2.24, 2.45) is 5.92 Å². The number of amides is 1. The highest BCUT2D eigenvalue weighted by atomic mass is 16.5. The SMILES string of the molecule is CCCOc1ccccc1N1C(=O)C(=O)/C(=C(\O)c2ccc(OCC(C)C)c(C)c2)C1c1ccc(C(C)(C)C)cc1. The van der Waals surface area contributed by atoms with Crippen LogP contribution in [0.3, 0.4) is 0 Å². The average Bonchev–Trinajstić information content (AvgIpc) is 3.20. The Labute approximate surface area is 243 Å². The van der Waals surface area contributed by atoms with Gasteiger partial charge < -0.3 is 14.6 Å². The fourth-order valence-electron chi connectivity index (χ4n) is 4.92. The number of rotatable bonds is 9. The molecule has 1 aliphatic rings. The molecule has 216 valence electrons. The Morgan fingerprint density at radius 3 is 2.24 bits per heavy atom. The Bertz CT molecular complexity index is 1450. The molecule has 1 heterocycles. The predicted molar refractivity (Wildman–Crippen MR) is 164 cm³/mol. The molecule has 0 spiro atoms. The van der Waals surface area contributed by atoms with Gasteiger partial charge in [0.2, 0.25) is 0 Å². The number of aliphatic hydroxyl groups excluding tert-OH is 1. The second kappa shape index (κ2) is 12.2. The first-order valence-electron chi connectivity index (χ1n) is 14.3. The highest BCUT2D eigenvalue weighted by Crippen LogP contribution is 2.45. The van der Waals surface area contributed by atoms with Crippen molar-refractivity contribution in [2.75, 3.05) is 18.1 Å². The van der Waals surface area contributed by atoms with Crippen molar-refractivity contribution >= 4 is 23.1 Å². The fourth-order valence-corrected chi connectivity index (χ4v) is 4.92. The number of hydrogen-bond donors (Lipinski definition) is 1. The van der Waals surface area contributed by atoms with E-state index in [2.05, 4.69) is 34.6 Å². The van der Waals surface area contributed by atoms with Gasteiger partial charge in [0.25, 0.3) is 11.7 Å². The van der Waals surface area contributed by atoms with Crippen LogP contribution in [0.2, 0.25) is 0 Å². The minimum atomic E-state index is -0.840. The van der Waals surface area contributed by atoms with Gasteiger partial charge in [-0.15, -0.1) is 0 Å². The summed E-state index contributed by atoms with van der Waals surface area (Å²) in [6.45, 7) is 15.5. The van der Waals surface area contributed by atoms with Crippen LogP contribution in [0.25, 0.3) is 5.76 Å². The van der Waals surface area contributed by atoms with Crippen LogP contribution in [0.4, 0.5) is 5.69 Å². The maximum Gasteiger partial charge on any atom is 0.300 e. The van der Waals surface area contributed by atoms with Crippen LogP contribution >= 0.6 is 0 Å². The molecule has 3 aromatic carbocycles. The average molecular weight is 556 g/mol. The number of aliphatic hydroxyl groups is 1. The van der Waals surface area contributed by atoms with Crippen LogP contribution in [-0.2, 0) is 15.0 Å². The van der Waals surface area contributed by atoms with Gasteiger partial charge in [-0.1, -0.05) is 77.9 Å². The summed E-state index contributed by atoms with van der Waals surface area (Å²) in [6, 6.07) is 19.6. The van der Waals surface area contributed by atoms with Crippen molar-refractivity contribution in [1.82, 2.24) is 0 Å². The van der Waals surface area contributed by atoms with E-state index < -0.39 is 17.7 Å². The molecule has 0 saturated carbocycles. The van der Waals surface area contributed by atoms with Gasteiger partial charge in [0.05, 0.1) is 30.5 Å². The summed E-state index contributed by atoms with van der Waals surface area (Å²) in [5.41, 5.74) is 3.57. The number of nitrogens with zero attached hydrogens (tertiary/aromatic N) is 1. The first kappa shape index (κ1) is 29.9. The van der Waals surface area contributed by atoms with E-state index in [1.54, 1.807) is 30.3 Å². The first-order valence-corrected chi connectivity index (χ1v) is 14.3. The van der Waals surface area contributed by atoms with Crippen molar-refractivity contribution < 1.29 is 24.2 Å². The molecule has 4 rings (SSSR count). The summed E-state index contributed by atoms with van der Waals surface area (Å²) in [7, 11) is 0. The number of carbonyl (C=O) groups excluding carboxylic acids is 2. The molecule has 0 bridgehead atoms. The lowest BCUT2D eigenvalue weighted by molar-refractivity contribution is -0.132. The van der Waals surface area contributed by atoms with Gasteiger partial charge in [0.1, 0.15) is 17.3 Å². The Hall–Kier alpha value is -4.06. The molecule has 0 aliphatic carbocycles. The molecule has 1 fully saturated rings. The third-order valence-corrected chi connectivity index (χ3v) is 7.14. The number of ketones is 1. The van der Waals surface area contributed by atoms with Crippen LogP contribution in [0.15, 0.2) is 72.3 Å². The standard InChI is InChI=1S/C35H41NO5/c1-8-19-40-29-12-10-9-11-27(29)36-31(24-13-16-26(17-14-24)35(5,6)7)30(33(38)34(36)39)32(37)25-15-18-28(23(4)20-25)41-21-22(2)3/h9-18,20,22,31,37H,8,19,21H2,1-7H3/b32-30-. The van der Waals surface area contributed by atoms with Crippen molar-refractivity contribution in [2.45, 2.75) is 66.3 Å². The van der Waals surface area contributed by atoms with Crippen LogP contribution in [0.5, 0.6) is 11.5 Å². The predicted octanol–water partition coefficient (Wildman–Crippen LogP) is 7.74. The number of benzene rings is 3. The number of anilines is 1. The van der Waals surface area contributed by atoms with Crippen molar-refractivity contribution in [3.8, 4) is 11.5 Å². The molecule has 1 atom stereocenters. The number of Topliss-reactive ketones (excluding diaryl/α,β-unsaturated/α-hetero) is 1. The summed E-state index contributed by atoms with van der Waals surface area (Å²) in [4.78, 5) is 28.9. The molecular formula is C35H41NO5. The topological polar surface area (TPSA) is 76.1 Å². The zero-order valence-corrected chi connectivity index (χ0v) is 25.2. The van der Waals surface area contributed by atoms with Crippen LogP contribution in [0.1, 0.15) is 76.3 Å². The summed E-state index contributed by atoms with van der Waals surface area (Å²) in [5, 5.41) is 11.6. The van der Waals surface area contributed by atoms with E-state index in [1.165, 1.54) is 4.90 Å². The number of hydrogen-bond acceptors (Lipinski definition) is 5. The second-order valence-electron chi connectivity index (χ2n) is 12.0. The maximum absolute atomic E-state index is 13.7. The second-order valence-corrected chi connectivity index (χ2v) is 12.0. The largest absolute Gasteiger partial charge is 0.507 e. The van der Waals surface area contributed by atoms with Crippen LogP contribution in [0, 0.1) is 12.8 Å². The van der Waals surface area contributed by atoms with Crippen LogP contribution < -0.4 is 14.4 Å². The summed E-state index contributed by atoms with van der Waals surface area (Å²) < 4.78 is 11.9. The number of aryl methyl sites for hydroxylation is 1. The van der Waals surface area contributed by atoms with E-state index in [4.69, 9.17) is 9.47 Å².